The summed E-state index contributed by atoms with van der Waals surface area (Å²) in [5, 5.41) is 5.43. The normalized spacial score (nSPS) is 17.9. The van der Waals surface area contributed by atoms with Gasteiger partial charge >= 0.3 is 0 Å². The van der Waals surface area contributed by atoms with Crippen LogP contribution in [-0.2, 0) is 26.3 Å². The highest BCUT2D eigenvalue weighted by molar-refractivity contribution is 6.31. The summed E-state index contributed by atoms with van der Waals surface area (Å²) < 4.78 is 14.2. The minimum Gasteiger partial charge on any atom is -0.483 e. The van der Waals surface area contributed by atoms with E-state index in [0.29, 0.717) is 16.3 Å². The van der Waals surface area contributed by atoms with Crippen LogP contribution in [-0.4, -0.2) is 19.7 Å². The topological polar surface area (TPSA) is 66.0 Å². The zero-order valence-electron chi connectivity index (χ0n) is 16.0. The Morgan fingerprint density at radius 1 is 1.17 bits per heavy atom. The molecule has 0 spiro atoms. The minimum atomic E-state index is -0.0736. The highest BCUT2D eigenvalue weighted by Crippen LogP contribution is 2.46. The van der Waals surface area contributed by atoms with Gasteiger partial charge in [-0.1, -0.05) is 11.6 Å². The molecule has 146 valence electrons. The monoisotopic (exact) mass is 406 g/mol. The Morgan fingerprint density at radius 2 is 2.07 bits per heavy atom. The van der Waals surface area contributed by atoms with Crippen LogP contribution in [0.5, 0.6) is 5.75 Å². The van der Waals surface area contributed by atoms with Crippen LogP contribution in [0.25, 0.3) is 22.4 Å². The lowest BCUT2D eigenvalue weighted by molar-refractivity contribution is 0.226. The lowest BCUT2D eigenvalue weighted by Crippen LogP contribution is -2.12. The van der Waals surface area contributed by atoms with Crippen molar-refractivity contribution in [2.24, 2.45) is 7.05 Å². The number of hydrogen-bond donors (Lipinski definition) is 0. The van der Waals surface area contributed by atoms with Crippen molar-refractivity contribution < 1.29 is 9.15 Å². The van der Waals surface area contributed by atoms with Crippen LogP contribution in [0.1, 0.15) is 41.5 Å². The molecule has 0 saturated heterocycles. The van der Waals surface area contributed by atoms with Crippen molar-refractivity contribution in [3.8, 4) is 17.0 Å². The predicted octanol–water partition coefficient (Wildman–Crippen LogP) is 4.83. The predicted molar refractivity (Wildman–Crippen MR) is 109 cm³/mol. The average molecular weight is 407 g/mol. The van der Waals surface area contributed by atoms with Gasteiger partial charge in [-0.3, -0.25) is 4.68 Å². The molecule has 1 aromatic carbocycles. The molecule has 0 saturated carbocycles. The molecular weight excluding hydrogens is 388 g/mol. The van der Waals surface area contributed by atoms with E-state index in [1.54, 1.807) is 12.6 Å². The largest absolute Gasteiger partial charge is 0.483 e. The highest BCUT2D eigenvalue weighted by atomic mass is 35.5. The number of ether oxygens (including phenoxy) is 1. The van der Waals surface area contributed by atoms with E-state index in [2.05, 4.69) is 9.97 Å². The van der Waals surface area contributed by atoms with Gasteiger partial charge in [-0.15, -0.1) is 0 Å². The maximum Gasteiger partial charge on any atom is 0.178 e. The van der Waals surface area contributed by atoms with Gasteiger partial charge in [-0.25, -0.2) is 9.97 Å². The van der Waals surface area contributed by atoms with Gasteiger partial charge in [0.05, 0.1) is 17.7 Å². The van der Waals surface area contributed by atoms with E-state index in [-0.39, 0.29) is 6.10 Å². The molecule has 29 heavy (non-hydrogen) atoms. The van der Waals surface area contributed by atoms with Crippen LogP contribution in [0.4, 0.5) is 0 Å². The van der Waals surface area contributed by atoms with Crippen molar-refractivity contribution in [1.82, 2.24) is 19.7 Å². The van der Waals surface area contributed by atoms with Crippen LogP contribution in [0, 0.1) is 0 Å². The Balaban J connectivity index is 1.47. The van der Waals surface area contributed by atoms with Gasteiger partial charge in [0, 0.05) is 41.2 Å². The fourth-order valence-electron chi connectivity index (χ4n) is 4.74. The van der Waals surface area contributed by atoms with E-state index in [4.69, 9.17) is 25.9 Å². The number of benzene rings is 1. The average Bonchev–Trinajstić information content (AvgIpc) is 3.42. The lowest BCUT2D eigenvalue weighted by atomic mass is 9.93. The van der Waals surface area contributed by atoms with Crippen molar-refractivity contribution in [3.05, 3.63) is 58.3 Å². The van der Waals surface area contributed by atoms with Gasteiger partial charge in [0.1, 0.15) is 29.4 Å². The number of aryl methyl sites for hydroxylation is 2. The Hall–Kier alpha value is -2.86. The summed E-state index contributed by atoms with van der Waals surface area (Å²) >= 11 is 6.48. The van der Waals surface area contributed by atoms with E-state index in [1.807, 2.05) is 29.9 Å². The molecule has 1 aliphatic heterocycles. The molecule has 0 N–H and O–H groups in total. The Morgan fingerprint density at radius 3 is 3.00 bits per heavy atom. The Kier molecular flexibility index (Phi) is 3.71. The third kappa shape index (κ3) is 2.59. The van der Waals surface area contributed by atoms with E-state index < -0.39 is 0 Å². The first-order valence-corrected chi connectivity index (χ1v) is 10.3. The van der Waals surface area contributed by atoms with Crippen LogP contribution < -0.4 is 4.74 Å². The number of rotatable bonds is 2. The zero-order chi connectivity index (χ0) is 19.5. The number of aromatic nitrogens is 4. The number of nitrogens with zero attached hydrogens (tertiary/aromatic N) is 4. The van der Waals surface area contributed by atoms with Gasteiger partial charge in [0.25, 0.3) is 0 Å². The summed E-state index contributed by atoms with van der Waals surface area (Å²) in [6, 6.07) is 5.71. The third-order valence-electron chi connectivity index (χ3n) is 5.97. The van der Waals surface area contributed by atoms with Gasteiger partial charge in [-0.05, 0) is 37.8 Å². The van der Waals surface area contributed by atoms with Gasteiger partial charge in [0.15, 0.2) is 5.58 Å². The van der Waals surface area contributed by atoms with E-state index in [0.717, 1.165) is 41.7 Å². The third-order valence-corrected chi connectivity index (χ3v) is 6.18. The molecular formula is C22H19ClN4O2. The van der Waals surface area contributed by atoms with Gasteiger partial charge < -0.3 is 9.15 Å². The molecule has 0 unspecified atom stereocenters. The molecule has 4 heterocycles. The van der Waals surface area contributed by atoms with Gasteiger partial charge in [-0.2, -0.15) is 5.10 Å². The van der Waals surface area contributed by atoms with Crippen molar-refractivity contribution in [2.45, 2.75) is 38.2 Å². The van der Waals surface area contributed by atoms with Crippen molar-refractivity contribution in [3.63, 3.8) is 0 Å². The molecule has 1 atom stereocenters. The number of furan rings is 1. The lowest BCUT2D eigenvalue weighted by Gasteiger charge is -2.17. The second kappa shape index (κ2) is 6.32. The first-order chi connectivity index (χ1) is 14.2. The quantitative estimate of drug-likeness (QED) is 0.477. The van der Waals surface area contributed by atoms with Crippen molar-refractivity contribution >= 4 is 22.7 Å². The van der Waals surface area contributed by atoms with E-state index in [1.165, 1.54) is 29.8 Å². The number of halogens is 1. The highest BCUT2D eigenvalue weighted by Gasteiger charge is 2.34. The summed E-state index contributed by atoms with van der Waals surface area (Å²) in [6.45, 7) is 0. The van der Waals surface area contributed by atoms with Crippen LogP contribution in [0.3, 0.4) is 0 Å². The SMILES string of the molecule is Cn1nc2c(c1[C@H]1Cc3cc(Cl)cc(-c4ncnc5ccoc45)c3O1)CCCC2. The molecule has 0 radical (unpaired) electrons. The molecule has 3 aromatic heterocycles. The first kappa shape index (κ1) is 17.0. The molecule has 6 rings (SSSR count). The number of hydrogen-bond acceptors (Lipinski definition) is 5. The molecule has 6 nitrogen and oxygen atoms in total. The molecule has 0 amide bonds. The second-order valence-corrected chi connectivity index (χ2v) is 8.19. The summed E-state index contributed by atoms with van der Waals surface area (Å²) in [7, 11) is 2.02. The smallest absolute Gasteiger partial charge is 0.178 e. The Labute approximate surface area is 172 Å². The zero-order valence-corrected chi connectivity index (χ0v) is 16.7. The first-order valence-electron chi connectivity index (χ1n) is 9.91. The molecule has 1 aliphatic carbocycles. The summed E-state index contributed by atoms with van der Waals surface area (Å²) in [4.78, 5) is 8.75. The minimum absolute atomic E-state index is 0.0736. The van der Waals surface area contributed by atoms with Crippen LogP contribution >= 0.6 is 11.6 Å². The summed E-state index contributed by atoms with van der Waals surface area (Å²) in [6.07, 6.45) is 8.40. The summed E-state index contributed by atoms with van der Waals surface area (Å²) in [5.41, 5.74) is 7.80. The van der Waals surface area contributed by atoms with Crippen LogP contribution in [0.15, 0.2) is 35.2 Å². The van der Waals surface area contributed by atoms with E-state index >= 15 is 0 Å². The maximum absolute atomic E-state index is 6.54. The molecule has 0 fully saturated rings. The van der Waals surface area contributed by atoms with Gasteiger partial charge in [0.2, 0.25) is 0 Å². The standard InChI is InChI=1S/C22H19ClN4O2/c1-27-20(14-4-2-3-5-16(14)26-27)18-9-12-8-13(23)10-15(21(12)29-18)19-22-17(6-7-28-22)24-11-25-19/h6-8,10-11,18H,2-5,9H2,1H3/t18-/m1/s1. The molecule has 2 aliphatic rings. The Bertz CT molecular complexity index is 1260. The van der Waals surface area contributed by atoms with Crippen molar-refractivity contribution in [1.29, 1.82) is 0 Å². The molecule has 0 bridgehead atoms. The van der Waals surface area contributed by atoms with E-state index in [9.17, 15) is 0 Å². The second-order valence-electron chi connectivity index (χ2n) is 7.75. The maximum atomic E-state index is 6.54. The molecule has 7 heteroatoms. The summed E-state index contributed by atoms with van der Waals surface area (Å²) in [5.74, 6) is 0.821. The number of fused-ring (bicyclic) bond motifs is 3. The van der Waals surface area contributed by atoms with Crippen molar-refractivity contribution in [2.75, 3.05) is 0 Å². The van der Waals surface area contributed by atoms with Crippen LogP contribution in [0.2, 0.25) is 5.02 Å². The molecule has 4 aromatic rings. The fraction of sp³-hybridized carbons (Fsp3) is 0.318. The fourth-order valence-corrected chi connectivity index (χ4v) is 4.98.